The molecule has 0 aliphatic heterocycles. The van der Waals surface area contributed by atoms with Gasteiger partial charge < -0.3 is 9.47 Å². The van der Waals surface area contributed by atoms with Crippen LogP contribution < -0.4 is 9.47 Å². The number of hydrogen-bond donors (Lipinski definition) is 0. The van der Waals surface area contributed by atoms with Gasteiger partial charge in [0.05, 0.1) is 12.7 Å². The second-order valence-electron chi connectivity index (χ2n) is 4.03. The van der Waals surface area contributed by atoms with Crippen molar-refractivity contribution in [3.8, 4) is 11.5 Å². The molecule has 0 heterocycles. The van der Waals surface area contributed by atoms with Crippen LogP contribution in [0.4, 0.5) is 0 Å². The zero-order valence-corrected chi connectivity index (χ0v) is 11.4. The summed E-state index contributed by atoms with van der Waals surface area (Å²) < 4.78 is 10.4. The first kappa shape index (κ1) is 13.4. The molecule has 2 aromatic rings. The van der Waals surface area contributed by atoms with E-state index in [0.717, 1.165) is 5.56 Å². The maximum Gasteiger partial charge on any atom is 0.343 e. The number of carbonyl (C=O) groups excluding carboxylic acids is 1. The van der Waals surface area contributed by atoms with Crippen molar-refractivity contribution in [2.24, 2.45) is 0 Å². The third kappa shape index (κ3) is 3.26. The summed E-state index contributed by atoms with van der Waals surface area (Å²) in [5.74, 6) is 0.684. The number of esters is 1. The highest BCUT2D eigenvalue weighted by Gasteiger charge is 2.11. The molecule has 4 heteroatoms. The van der Waals surface area contributed by atoms with E-state index in [1.807, 2.05) is 6.92 Å². The van der Waals surface area contributed by atoms with E-state index in [2.05, 4.69) is 0 Å². The summed E-state index contributed by atoms with van der Waals surface area (Å²) in [6.07, 6.45) is 0. The van der Waals surface area contributed by atoms with Crippen molar-refractivity contribution >= 4 is 17.6 Å². The van der Waals surface area contributed by atoms with E-state index in [9.17, 15) is 4.79 Å². The van der Waals surface area contributed by atoms with Crippen molar-refractivity contribution in [2.75, 3.05) is 7.11 Å². The third-order valence-electron chi connectivity index (χ3n) is 2.65. The number of ether oxygens (including phenoxy) is 2. The minimum atomic E-state index is -0.427. The van der Waals surface area contributed by atoms with E-state index in [1.165, 1.54) is 0 Å². The SMILES string of the molecule is COc1cccc(C(=O)Oc2ccc(Cl)cc2C)c1. The number of rotatable bonds is 3. The van der Waals surface area contributed by atoms with Crippen LogP contribution in [0.5, 0.6) is 11.5 Å². The van der Waals surface area contributed by atoms with Gasteiger partial charge in [-0.3, -0.25) is 0 Å². The second-order valence-corrected chi connectivity index (χ2v) is 4.47. The van der Waals surface area contributed by atoms with Gasteiger partial charge in [0, 0.05) is 5.02 Å². The highest BCUT2D eigenvalue weighted by molar-refractivity contribution is 6.30. The Kier molecular flexibility index (Phi) is 4.07. The van der Waals surface area contributed by atoms with Gasteiger partial charge in [-0.1, -0.05) is 17.7 Å². The largest absolute Gasteiger partial charge is 0.497 e. The molecule has 2 rings (SSSR count). The van der Waals surface area contributed by atoms with E-state index in [-0.39, 0.29) is 0 Å². The van der Waals surface area contributed by atoms with Gasteiger partial charge in [0.2, 0.25) is 0 Å². The molecule has 0 saturated carbocycles. The first-order valence-electron chi connectivity index (χ1n) is 5.72. The first-order valence-corrected chi connectivity index (χ1v) is 6.10. The Bertz CT molecular complexity index is 608. The van der Waals surface area contributed by atoms with Crippen molar-refractivity contribution in [1.29, 1.82) is 0 Å². The van der Waals surface area contributed by atoms with Crippen LogP contribution in [0.3, 0.4) is 0 Å². The van der Waals surface area contributed by atoms with E-state index < -0.39 is 5.97 Å². The van der Waals surface area contributed by atoms with E-state index in [4.69, 9.17) is 21.1 Å². The number of halogens is 1. The number of hydrogen-bond acceptors (Lipinski definition) is 3. The Morgan fingerprint density at radius 3 is 2.63 bits per heavy atom. The lowest BCUT2D eigenvalue weighted by Crippen LogP contribution is -2.09. The fraction of sp³-hybridized carbons (Fsp3) is 0.133. The summed E-state index contributed by atoms with van der Waals surface area (Å²) in [6.45, 7) is 1.83. The van der Waals surface area contributed by atoms with Crippen molar-refractivity contribution in [1.82, 2.24) is 0 Å². The molecule has 0 spiro atoms. The predicted molar refractivity (Wildman–Crippen MR) is 74.1 cm³/mol. The molecule has 2 aromatic carbocycles. The fourth-order valence-corrected chi connectivity index (χ4v) is 1.86. The predicted octanol–water partition coefficient (Wildman–Crippen LogP) is 3.88. The average Bonchev–Trinajstić information content (AvgIpc) is 2.42. The molecule has 3 nitrogen and oxygen atoms in total. The fourth-order valence-electron chi connectivity index (χ4n) is 1.64. The monoisotopic (exact) mass is 276 g/mol. The minimum Gasteiger partial charge on any atom is -0.497 e. The Hall–Kier alpha value is -2.00. The lowest BCUT2D eigenvalue weighted by molar-refractivity contribution is 0.0733. The summed E-state index contributed by atoms with van der Waals surface area (Å²) in [5.41, 5.74) is 1.25. The van der Waals surface area contributed by atoms with Crippen LogP contribution in [0.2, 0.25) is 5.02 Å². The van der Waals surface area contributed by atoms with Crippen LogP contribution in [0.1, 0.15) is 15.9 Å². The van der Waals surface area contributed by atoms with Gasteiger partial charge in [-0.25, -0.2) is 4.79 Å². The van der Waals surface area contributed by atoms with Gasteiger partial charge in [-0.2, -0.15) is 0 Å². The summed E-state index contributed by atoms with van der Waals surface area (Å²) in [7, 11) is 1.55. The molecular weight excluding hydrogens is 264 g/mol. The van der Waals surface area contributed by atoms with Gasteiger partial charge >= 0.3 is 5.97 Å². The van der Waals surface area contributed by atoms with Crippen LogP contribution in [0, 0.1) is 6.92 Å². The first-order chi connectivity index (χ1) is 9.10. The summed E-state index contributed by atoms with van der Waals surface area (Å²) in [5, 5.41) is 0.610. The van der Waals surface area contributed by atoms with Crippen LogP contribution in [-0.2, 0) is 0 Å². The van der Waals surface area contributed by atoms with Gasteiger partial charge in [-0.15, -0.1) is 0 Å². The Balaban J connectivity index is 2.20. The van der Waals surface area contributed by atoms with Crippen LogP contribution in [0.15, 0.2) is 42.5 Å². The van der Waals surface area contributed by atoms with Gasteiger partial charge in [0.1, 0.15) is 11.5 Å². The lowest BCUT2D eigenvalue weighted by atomic mass is 10.2. The maximum absolute atomic E-state index is 12.0. The number of benzene rings is 2. The molecule has 0 N–H and O–H groups in total. The second kappa shape index (κ2) is 5.76. The molecule has 0 aliphatic carbocycles. The van der Waals surface area contributed by atoms with E-state index in [0.29, 0.717) is 22.1 Å². The van der Waals surface area contributed by atoms with Crippen molar-refractivity contribution in [2.45, 2.75) is 6.92 Å². The molecule has 0 bridgehead atoms. The lowest BCUT2D eigenvalue weighted by Gasteiger charge is -2.08. The normalized spacial score (nSPS) is 10.1. The summed E-state index contributed by atoms with van der Waals surface area (Å²) >= 11 is 5.85. The van der Waals surface area contributed by atoms with E-state index in [1.54, 1.807) is 49.6 Å². The van der Waals surface area contributed by atoms with Gasteiger partial charge in [0.25, 0.3) is 0 Å². The van der Waals surface area contributed by atoms with Crippen LogP contribution in [-0.4, -0.2) is 13.1 Å². The highest BCUT2D eigenvalue weighted by atomic mass is 35.5. The molecule has 0 aromatic heterocycles. The zero-order chi connectivity index (χ0) is 13.8. The van der Waals surface area contributed by atoms with Crippen LogP contribution in [0.25, 0.3) is 0 Å². The molecule has 98 valence electrons. The smallest absolute Gasteiger partial charge is 0.343 e. The van der Waals surface area contributed by atoms with Crippen molar-refractivity contribution < 1.29 is 14.3 Å². The molecular formula is C15H13ClO3. The summed E-state index contributed by atoms with van der Waals surface area (Å²) in [4.78, 5) is 12.0. The van der Waals surface area contributed by atoms with Crippen molar-refractivity contribution in [3.05, 3.63) is 58.6 Å². The quantitative estimate of drug-likeness (QED) is 0.630. The number of carbonyl (C=O) groups is 1. The van der Waals surface area contributed by atoms with E-state index >= 15 is 0 Å². The van der Waals surface area contributed by atoms with Gasteiger partial charge in [-0.05, 0) is 48.9 Å². The Morgan fingerprint density at radius 1 is 1.16 bits per heavy atom. The molecule has 0 unspecified atom stereocenters. The highest BCUT2D eigenvalue weighted by Crippen LogP contribution is 2.23. The van der Waals surface area contributed by atoms with Crippen LogP contribution >= 0.6 is 11.6 Å². The average molecular weight is 277 g/mol. The molecule has 0 radical (unpaired) electrons. The molecule has 0 aliphatic rings. The Labute approximate surface area is 116 Å². The maximum atomic E-state index is 12.0. The minimum absolute atomic E-state index is 0.427. The molecule has 19 heavy (non-hydrogen) atoms. The topological polar surface area (TPSA) is 35.5 Å². The number of methoxy groups -OCH3 is 1. The molecule has 0 fully saturated rings. The Morgan fingerprint density at radius 2 is 1.95 bits per heavy atom. The molecule has 0 saturated heterocycles. The molecule has 0 amide bonds. The van der Waals surface area contributed by atoms with Gasteiger partial charge in [0.15, 0.2) is 0 Å². The third-order valence-corrected chi connectivity index (χ3v) is 2.88. The summed E-state index contributed by atoms with van der Waals surface area (Å²) in [6, 6.07) is 11.9. The molecule has 0 atom stereocenters. The van der Waals surface area contributed by atoms with Crippen molar-refractivity contribution in [3.63, 3.8) is 0 Å². The standard InChI is InChI=1S/C15H13ClO3/c1-10-8-12(16)6-7-14(10)19-15(17)11-4-3-5-13(9-11)18-2/h3-9H,1-2H3. The zero-order valence-electron chi connectivity index (χ0n) is 10.6. The number of aryl methyl sites for hydroxylation is 1.